The molecule has 0 saturated heterocycles. The van der Waals surface area contributed by atoms with E-state index in [1.165, 1.54) is 12.1 Å². The summed E-state index contributed by atoms with van der Waals surface area (Å²) >= 11 is 0. The number of alkyl halides is 3. The first-order valence-electron chi connectivity index (χ1n) is 5.84. The molecule has 0 bridgehead atoms. The molecule has 0 aliphatic carbocycles. The maximum Gasteiger partial charge on any atom is 0.420 e. The van der Waals surface area contributed by atoms with Gasteiger partial charge in [-0.15, -0.1) is 0 Å². The van der Waals surface area contributed by atoms with Crippen LogP contribution in [-0.2, 0) is 16.3 Å². The van der Waals surface area contributed by atoms with E-state index in [0.29, 0.717) is 12.8 Å². The van der Waals surface area contributed by atoms with Gasteiger partial charge in [0.05, 0.1) is 11.3 Å². The van der Waals surface area contributed by atoms with Crippen LogP contribution < -0.4 is 4.18 Å². The lowest BCUT2D eigenvalue weighted by atomic mass is 10.2. The number of para-hydroxylation sites is 1. The average molecular weight is 296 g/mol. The first kappa shape index (κ1) is 15.8. The monoisotopic (exact) mass is 296 g/mol. The van der Waals surface area contributed by atoms with Crippen molar-refractivity contribution in [3.63, 3.8) is 0 Å². The van der Waals surface area contributed by atoms with E-state index in [0.717, 1.165) is 18.6 Å². The minimum Gasteiger partial charge on any atom is -0.382 e. The Morgan fingerprint density at radius 2 is 1.79 bits per heavy atom. The van der Waals surface area contributed by atoms with Crippen molar-refractivity contribution >= 4 is 10.1 Å². The lowest BCUT2D eigenvalue weighted by Gasteiger charge is -2.13. The maximum absolute atomic E-state index is 12.7. The molecule has 1 aromatic rings. The van der Waals surface area contributed by atoms with E-state index in [-0.39, 0.29) is 5.75 Å². The Morgan fingerprint density at radius 1 is 1.16 bits per heavy atom. The number of halogens is 3. The zero-order valence-electron chi connectivity index (χ0n) is 10.4. The molecular formula is C12H15F3O3S. The highest BCUT2D eigenvalue weighted by Crippen LogP contribution is 2.36. The Balaban J connectivity index is 2.88. The molecule has 1 aromatic carbocycles. The standard InChI is InChI=1S/C12H15F3O3S/c1-2-3-6-9-19(16,17)18-11-8-5-4-7-10(11)12(13,14)15/h4-5,7-8H,2-3,6,9H2,1H3. The van der Waals surface area contributed by atoms with Crippen LogP contribution in [0.3, 0.4) is 0 Å². The summed E-state index contributed by atoms with van der Waals surface area (Å²) in [5, 5.41) is 0. The van der Waals surface area contributed by atoms with Gasteiger partial charge in [-0.25, -0.2) is 0 Å². The zero-order chi connectivity index (χ0) is 14.5. The van der Waals surface area contributed by atoms with Gasteiger partial charge in [0.25, 0.3) is 0 Å². The molecule has 0 radical (unpaired) electrons. The summed E-state index contributed by atoms with van der Waals surface area (Å²) in [6.45, 7) is 1.90. The molecule has 0 spiro atoms. The van der Waals surface area contributed by atoms with Crippen LogP contribution in [0.25, 0.3) is 0 Å². The van der Waals surface area contributed by atoms with Crippen molar-refractivity contribution in [1.82, 2.24) is 0 Å². The highest BCUT2D eigenvalue weighted by molar-refractivity contribution is 7.87. The van der Waals surface area contributed by atoms with Gasteiger partial charge in [0.1, 0.15) is 0 Å². The molecule has 0 fully saturated rings. The van der Waals surface area contributed by atoms with Crippen molar-refractivity contribution in [1.29, 1.82) is 0 Å². The fourth-order valence-electron chi connectivity index (χ4n) is 1.48. The predicted octanol–water partition coefficient (Wildman–Crippen LogP) is 3.60. The van der Waals surface area contributed by atoms with Gasteiger partial charge in [-0.3, -0.25) is 0 Å². The normalized spacial score (nSPS) is 12.4. The lowest BCUT2D eigenvalue weighted by molar-refractivity contribution is -0.138. The second-order valence-electron chi connectivity index (χ2n) is 4.05. The molecule has 19 heavy (non-hydrogen) atoms. The van der Waals surface area contributed by atoms with E-state index in [9.17, 15) is 21.6 Å². The van der Waals surface area contributed by atoms with Crippen molar-refractivity contribution < 1.29 is 25.8 Å². The second-order valence-corrected chi connectivity index (χ2v) is 5.74. The van der Waals surface area contributed by atoms with Gasteiger partial charge in [-0.2, -0.15) is 21.6 Å². The number of hydrogen-bond acceptors (Lipinski definition) is 3. The summed E-state index contributed by atoms with van der Waals surface area (Å²) in [6.07, 6.45) is -2.78. The lowest BCUT2D eigenvalue weighted by Crippen LogP contribution is -2.17. The maximum atomic E-state index is 12.7. The van der Waals surface area contributed by atoms with Gasteiger partial charge in [-0.1, -0.05) is 31.9 Å². The van der Waals surface area contributed by atoms with Crippen LogP contribution in [0.4, 0.5) is 13.2 Å². The van der Waals surface area contributed by atoms with E-state index in [1.54, 1.807) is 0 Å². The summed E-state index contributed by atoms with van der Waals surface area (Å²) < 4.78 is 65.7. The third-order valence-electron chi connectivity index (χ3n) is 2.41. The Labute approximate surface area is 110 Å². The molecule has 0 aliphatic heterocycles. The Bertz CT molecular complexity index is 509. The van der Waals surface area contributed by atoms with E-state index < -0.39 is 27.6 Å². The van der Waals surface area contributed by atoms with Crippen LogP contribution in [0.2, 0.25) is 0 Å². The number of hydrogen-bond donors (Lipinski definition) is 0. The molecular weight excluding hydrogens is 281 g/mol. The summed E-state index contributed by atoms with van der Waals surface area (Å²) in [6, 6.07) is 4.27. The Hall–Kier alpha value is -1.24. The molecule has 0 N–H and O–H groups in total. The molecule has 1 rings (SSSR count). The van der Waals surface area contributed by atoms with Gasteiger partial charge in [-0.05, 0) is 18.6 Å². The molecule has 0 aromatic heterocycles. The van der Waals surface area contributed by atoms with E-state index in [4.69, 9.17) is 0 Å². The van der Waals surface area contributed by atoms with Gasteiger partial charge < -0.3 is 4.18 Å². The number of rotatable bonds is 6. The van der Waals surface area contributed by atoms with E-state index in [2.05, 4.69) is 4.18 Å². The van der Waals surface area contributed by atoms with Crippen molar-refractivity contribution in [2.75, 3.05) is 5.75 Å². The highest BCUT2D eigenvalue weighted by Gasteiger charge is 2.35. The summed E-state index contributed by atoms with van der Waals surface area (Å²) in [5.74, 6) is -0.959. The predicted molar refractivity (Wildman–Crippen MR) is 65.4 cm³/mol. The number of benzene rings is 1. The molecule has 7 heteroatoms. The van der Waals surface area contributed by atoms with Gasteiger partial charge in [0.15, 0.2) is 5.75 Å². The SMILES string of the molecule is CCCCCS(=O)(=O)Oc1ccccc1C(F)(F)F. The van der Waals surface area contributed by atoms with Crippen molar-refractivity contribution in [2.24, 2.45) is 0 Å². The Morgan fingerprint density at radius 3 is 2.37 bits per heavy atom. The Kier molecular flexibility index (Phi) is 5.22. The molecule has 0 atom stereocenters. The van der Waals surface area contributed by atoms with Gasteiger partial charge in [0.2, 0.25) is 0 Å². The van der Waals surface area contributed by atoms with Crippen molar-refractivity contribution in [3.8, 4) is 5.75 Å². The quantitative estimate of drug-likeness (QED) is 0.595. The van der Waals surface area contributed by atoms with E-state index >= 15 is 0 Å². The first-order valence-corrected chi connectivity index (χ1v) is 7.42. The molecule has 108 valence electrons. The van der Waals surface area contributed by atoms with Crippen LogP contribution in [0, 0.1) is 0 Å². The topological polar surface area (TPSA) is 43.4 Å². The molecule has 0 amide bonds. The second kappa shape index (κ2) is 6.27. The average Bonchev–Trinajstić information content (AvgIpc) is 2.27. The highest BCUT2D eigenvalue weighted by atomic mass is 32.2. The molecule has 0 saturated carbocycles. The largest absolute Gasteiger partial charge is 0.420 e. The molecule has 3 nitrogen and oxygen atoms in total. The van der Waals surface area contributed by atoms with Crippen molar-refractivity contribution in [3.05, 3.63) is 29.8 Å². The minimum absolute atomic E-state index is 0.285. The fourth-order valence-corrected chi connectivity index (χ4v) is 2.54. The van der Waals surface area contributed by atoms with Gasteiger partial charge >= 0.3 is 16.3 Å². The molecule has 0 unspecified atom stereocenters. The fraction of sp³-hybridized carbons (Fsp3) is 0.500. The minimum atomic E-state index is -4.64. The van der Waals surface area contributed by atoms with Gasteiger partial charge in [0, 0.05) is 0 Å². The molecule has 0 aliphatic rings. The van der Waals surface area contributed by atoms with Crippen LogP contribution in [0.15, 0.2) is 24.3 Å². The summed E-state index contributed by atoms with van der Waals surface area (Å²) in [4.78, 5) is 0. The van der Waals surface area contributed by atoms with Crippen LogP contribution in [0.1, 0.15) is 31.7 Å². The third kappa shape index (κ3) is 5.10. The summed E-state index contributed by atoms with van der Waals surface area (Å²) in [5.41, 5.74) is -1.09. The van der Waals surface area contributed by atoms with Crippen molar-refractivity contribution in [2.45, 2.75) is 32.4 Å². The van der Waals surface area contributed by atoms with Crippen LogP contribution >= 0.6 is 0 Å². The molecule has 0 heterocycles. The van der Waals surface area contributed by atoms with Crippen LogP contribution in [0.5, 0.6) is 5.75 Å². The smallest absolute Gasteiger partial charge is 0.382 e. The number of unbranched alkanes of at least 4 members (excludes halogenated alkanes) is 2. The first-order chi connectivity index (χ1) is 8.76. The third-order valence-corrected chi connectivity index (χ3v) is 3.63. The summed E-state index contributed by atoms with van der Waals surface area (Å²) in [7, 11) is -3.99. The zero-order valence-corrected chi connectivity index (χ0v) is 11.2. The van der Waals surface area contributed by atoms with E-state index in [1.807, 2.05) is 6.92 Å². The van der Waals surface area contributed by atoms with Crippen LogP contribution in [-0.4, -0.2) is 14.2 Å².